The van der Waals surface area contributed by atoms with Crippen molar-refractivity contribution >= 4 is 11.3 Å². The molecule has 1 fully saturated rings. The van der Waals surface area contributed by atoms with Crippen LogP contribution in [0.3, 0.4) is 0 Å². The lowest BCUT2D eigenvalue weighted by Gasteiger charge is -2.11. The minimum Gasteiger partial charge on any atom is -0.472 e. The monoisotopic (exact) mass is 380 g/mol. The number of likely N-dealkylation sites (tertiary alicyclic amines) is 1. The van der Waals surface area contributed by atoms with Crippen molar-refractivity contribution in [1.29, 1.82) is 0 Å². The van der Waals surface area contributed by atoms with Crippen LogP contribution in [-0.2, 0) is 26.0 Å². The zero-order chi connectivity index (χ0) is 18.3. The van der Waals surface area contributed by atoms with E-state index in [4.69, 9.17) is 9.72 Å². The van der Waals surface area contributed by atoms with Crippen LogP contribution in [0.25, 0.3) is 0 Å². The fourth-order valence-electron chi connectivity index (χ4n) is 3.23. The Morgan fingerprint density at radius 3 is 2.56 bits per heavy atom. The Hall–Kier alpha value is -2.31. The molecule has 0 radical (unpaired) electrons. The number of aryl methyl sites for hydroxylation is 2. The van der Waals surface area contributed by atoms with Crippen molar-refractivity contribution in [2.45, 2.75) is 38.8 Å². The lowest BCUT2D eigenvalue weighted by molar-refractivity contribution is 0.290. The predicted octanol–water partition coefficient (Wildman–Crippen LogP) is 3.89. The number of nitrogens with zero attached hydrogens (tertiary/aromatic N) is 4. The summed E-state index contributed by atoms with van der Waals surface area (Å²) in [6.45, 7) is 3.92. The van der Waals surface area contributed by atoms with Crippen LogP contribution in [0.2, 0.25) is 0 Å². The first-order chi connectivity index (χ1) is 13.3. The van der Waals surface area contributed by atoms with E-state index in [0.717, 1.165) is 30.6 Å². The van der Waals surface area contributed by atoms with Crippen LogP contribution in [0.15, 0.2) is 47.8 Å². The standard InChI is InChI=1S/C21H24N4OS/c1-2-6-17(7-3-1)15-26-20-10-8-18(23-24-20)9-11-21-22-19(16-27-21)14-25-12-4-5-13-25/h1-3,6-8,10,16H,4-5,9,11-15H2. The van der Waals surface area contributed by atoms with Crippen molar-refractivity contribution in [3.8, 4) is 5.88 Å². The molecule has 5 nitrogen and oxygen atoms in total. The first-order valence-corrected chi connectivity index (χ1v) is 10.4. The minimum absolute atomic E-state index is 0.508. The smallest absolute Gasteiger partial charge is 0.233 e. The van der Waals surface area contributed by atoms with E-state index in [1.165, 1.54) is 36.6 Å². The molecule has 0 N–H and O–H groups in total. The average Bonchev–Trinajstić information content (AvgIpc) is 3.39. The molecule has 4 rings (SSSR count). The number of ether oxygens (including phenoxy) is 1. The van der Waals surface area contributed by atoms with Gasteiger partial charge in [0.05, 0.1) is 16.4 Å². The van der Waals surface area contributed by atoms with Gasteiger partial charge in [-0.1, -0.05) is 30.3 Å². The highest BCUT2D eigenvalue weighted by Gasteiger charge is 2.13. The number of hydrogen-bond donors (Lipinski definition) is 0. The third-order valence-electron chi connectivity index (χ3n) is 4.70. The molecule has 0 atom stereocenters. The van der Waals surface area contributed by atoms with Gasteiger partial charge in [0, 0.05) is 24.4 Å². The average molecular weight is 381 g/mol. The van der Waals surface area contributed by atoms with Crippen LogP contribution < -0.4 is 4.74 Å². The van der Waals surface area contributed by atoms with E-state index in [2.05, 4.69) is 20.5 Å². The summed E-state index contributed by atoms with van der Waals surface area (Å²) in [6.07, 6.45) is 4.40. The highest BCUT2D eigenvalue weighted by atomic mass is 32.1. The van der Waals surface area contributed by atoms with Gasteiger partial charge in [-0.2, -0.15) is 5.10 Å². The van der Waals surface area contributed by atoms with E-state index >= 15 is 0 Å². The number of rotatable bonds is 8. The molecule has 3 heterocycles. The molecular weight excluding hydrogens is 356 g/mol. The summed E-state index contributed by atoms with van der Waals surface area (Å²) < 4.78 is 5.69. The van der Waals surface area contributed by atoms with Crippen LogP contribution in [0, 0.1) is 0 Å². The van der Waals surface area contributed by atoms with E-state index < -0.39 is 0 Å². The molecule has 0 unspecified atom stereocenters. The van der Waals surface area contributed by atoms with Gasteiger partial charge in [-0.3, -0.25) is 4.90 Å². The summed E-state index contributed by atoms with van der Waals surface area (Å²) in [5.74, 6) is 0.560. The molecule has 0 spiro atoms. The first kappa shape index (κ1) is 18.1. The van der Waals surface area contributed by atoms with Gasteiger partial charge in [0.1, 0.15) is 6.61 Å². The van der Waals surface area contributed by atoms with Crippen molar-refractivity contribution in [2.24, 2.45) is 0 Å². The van der Waals surface area contributed by atoms with Crippen LogP contribution in [0.5, 0.6) is 5.88 Å². The van der Waals surface area contributed by atoms with Crippen LogP contribution in [0.4, 0.5) is 0 Å². The van der Waals surface area contributed by atoms with Gasteiger partial charge >= 0.3 is 0 Å². The normalized spacial score (nSPS) is 14.5. The quantitative estimate of drug-likeness (QED) is 0.593. The second kappa shape index (κ2) is 9.06. The molecule has 0 amide bonds. The maximum atomic E-state index is 5.69. The Labute approximate surface area is 164 Å². The molecule has 1 saturated heterocycles. The molecule has 3 aromatic rings. The van der Waals surface area contributed by atoms with Gasteiger partial charge in [-0.25, -0.2) is 4.98 Å². The zero-order valence-corrected chi connectivity index (χ0v) is 16.2. The third kappa shape index (κ3) is 5.34. The maximum Gasteiger partial charge on any atom is 0.233 e. The maximum absolute atomic E-state index is 5.69. The molecule has 1 aliphatic rings. The molecule has 0 bridgehead atoms. The molecule has 140 valence electrons. The highest BCUT2D eigenvalue weighted by molar-refractivity contribution is 7.09. The number of aromatic nitrogens is 3. The number of hydrogen-bond acceptors (Lipinski definition) is 6. The molecule has 0 aliphatic carbocycles. The Balaban J connectivity index is 1.24. The van der Waals surface area contributed by atoms with Gasteiger partial charge in [-0.05, 0) is 44.0 Å². The molecular formula is C21H24N4OS. The van der Waals surface area contributed by atoms with Crippen molar-refractivity contribution in [3.05, 3.63) is 69.8 Å². The predicted molar refractivity (Wildman–Crippen MR) is 107 cm³/mol. The Bertz CT molecular complexity index is 829. The topological polar surface area (TPSA) is 51.1 Å². The summed E-state index contributed by atoms with van der Waals surface area (Å²) in [5, 5.41) is 11.8. The van der Waals surface area contributed by atoms with Gasteiger partial charge in [0.2, 0.25) is 5.88 Å². The van der Waals surface area contributed by atoms with Crippen LogP contribution >= 0.6 is 11.3 Å². The molecule has 0 saturated carbocycles. The number of benzene rings is 1. The van der Waals surface area contributed by atoms with E-state index in [0.29, 0.717) is 12.5 Å². The van der Waals surface area contributed by atoms with Crippen molar-refractivity contribution in [1.82, 2.24) is 20.1 Å². The van der Waals surface area contributed by atoms with E-state index in [1.54, 1.807) is 11.3 Å². The van der Waals surface area contributed by atoms with Gasteiger partial charge in [-0.15, -0.1) is 16.4 Å². The fourth-order valence-corrected chi connectivity index (χ4v) is 4.02. The van der Waals surface area contributed by atoms with E-state index in [9.17, 15) is 0 Å². The molecule has 2 aromatic heterocycles. The van der Waals surface area contributed by atoms with Gasteiger partial charge in [0.15, 0.2) is 0 Å². The van der Waals surface area contributed by atoms with Gasteiger partial charge < -0.3 is 4.74 Å². The Kier molecular flexibility index (Phi) is 6.06. The van der Waals surface area contributed by atoms with Gasteiger partial charge in [0.25, 0.3) is 0 Å². The van der Waals surface area contributed by atoms with Crippen molar-refractivity contribution < 1.29 is 4.74 Å². The summed E-state index contributed by atoms with van der Waals surface area (Å²) in [5.41, 5.74) is 3.29. The molecule has 6 heteroatoms. The lowest BCUT2D eigenvalue weighted by atomic mass is 10.2. The van der Waals surface area contributed by atoms with Crippen LogP contribution in [-0.4, -0.2) is 33.2 Å². The highest BCUT2D eigenvalue weighted by Crippen LogP contribution is 2.17. The number of thiazole rings is 1. The van der Waals surface area contributed by atoms with Crippen molar-refractivity contribution in [2.75, 3.05) is 13.1 Å². The molecule has 1 aromatic carbocycles. The zero-order valence-electron chi connectivity index (χ0n) is 15.4. The fraction of sp³-hybridized carbons (Fsp3) is 0.381. The second-order valence-corrected chi connectivity index (χ2v) is 7.80. The minimum atomic E-state index is 0.508. The third-order valence-corrected chi connectivity index (χ3v) is 5.66. The SMILES string of the molecule is c1ccc(COc2ccc(CCc3nc(CN4CCCC4)cs3)nn2)cc1. The largest absolute Gasteiger partial charge is 0.472 e. The second-order valence-electron chi connectivity index (χ2n) is 6.85. The lowest BCUT2D eigenvalue weighted by Crippen LogP contribution is -2.18. The van der Waals surface area contributed by atoms with Crippen molar-refractivity contribution in [3.63, 3.8) is 0 Å². The summed E-state index contributed by atoms with van der Waals surface area (Å²) in [4.78, 5) is 7.26. The first-order valence-electron chi connectivity index (χ1n) is 9.50. The van der Waals surface area contributed by atoms with E-state index in [1.807, 2.05) is 42.5 Å². The van der Waals surface area contributed by atoms with E-state index in [-0.39, 0.29) is 0 Å². The van der Waals surface area contributed by atoms with Crippen LogP contribution in [0.1, 0.15) is 34.8 Å². The molecule has 27 heavy (non-hydrogen) atoms. The summed E-state index contributed by atoms with van der Waals surface area (Å²) in [6, 6.07) is 14.0. The Morgan fingerprint density at radius 2 is 1.78 bits per heavy atom. The summed E-state index contributed by atoms with van der Waals surface area (Å²) >= 11 is 1.75. The molecule has 1 aliphatic heterocycles. The summed E-state index contributed by atoms with van der Waals surface area (Å²) in [7, 11) is 0. The Morgan fingerprint density at radius 1 is 0.926 bits per heavy atom.